The summed E-state index contributed by atoms with van der Waals surface area (Å²) >= 11 is 0. The number of likely N-dealkylation sites (tertiary alicyclic amines) is 1. The molecule has 168 valence electrons. The molecule has 0 aliphatic carbocycles. The second kappa shape index (κ2) is 9.02. The molecule has 2 N–H and O–H groups in total. The molecule has 2 unspecified atom stereocenters. The normalized spacial score (nSPS) is 17.0. The zero-order chi connectivity index (χ0) is 22.8. The maximum absolute atomic E-state index is 13.3. The van der Waals surface area contributed by atoms with Gasteiger partial charge in [-0.2, -0.15) is 0 Å². The van der Waals surface area contributed by atoms with E-state index in [4.69, 9.17) is 4.74 Å². The van der Waals surface area contributed by atoms with Crippen molar-refractivity contribution >= 4 is 22.8 Å². The van der Waals surface area contributed by atoms with Crippen LogP contribution < -0.4 is 5.32 Å². The summed E-state index contributed by atoms with van der Waals surface area (Å²) in [5.74, 6) is 0.610. The fourth-order valence-corrected chi connectivity index (χ4v) is 4.38. The minimum Gasteiger partial charge on any atom is -0.453 e. The van der Waals surface area contributed by atoms with Gasteiger partial charge in [0, 0.05) is 12.1 Å². The molecule has 1 aliphatic heterocycles. The van der Waals surface area contributed by atoms with Gasteiger partial charge in [0.25, 0.3) is 0 Å². The van der Waals surface area contributed by atoms with E-state index >= 15 is 0 Å². The van der Waals surface area contributed by atoms with Crippen LogP contribution in [0.1, 0.15) is 44.1 Å². The number of fused-ring (bicyclic) bond motifs is 1. The molecule has 0 spiro atoms. The highest BCUT2D eigenvalue weighted by Crippen LogP contribution is 2.33. The molecule has 7 heteroatoms. The predicted octanol–water partition coefficient (Wildman–Crippen LogP) is 4.58. The van der Waals surface area contributed by atoms with E-state index < -0.39 is 12.1 Å². The van der Waals surface area contributed by atoms with Gasteiger partial charge in [-0.15, -0.1) is 0 Å². The van der Waals surface area contributed by atoms with Crippen LogP contribution >= 0.6 is 0 Å². The highest BCUT2D eigenvalue weighted by Gasteiger charge is 2.37. The van der Waals surface area contributed by atoms with Crippen molar-refractivity contribution in [2.45, 2.75) is 45.7 Å². The standard InChI is InChI=1S/C25H30N4O3/c1-15(2)22(28-25(31)32-4)24(30)29-11-5-6-21(29)23-26-14-20(27-23)19-10-9-17-12-16(3)7-8-18(17)13-19/h7-10,12-15,21-22H,5-6,11H2,1-4H3,(H,26,27)(H,28,31). The summed E-state index contributed by atoms with van der Waals surface area (Å²) in [5, 5.41) is 5.07. The molecule has 2 heterocycles. The Morgan fingerprint density at radius 1 is 1.19 bits per heavy atom. The molecule has 0 bridgehead atoms. The predicted molar refractivity (Wildman–Crippen MR) is 124 cm³/mol. The van der Waals surface area contributed by atoms with E-state index in [1.54, 1.807) is 0 Å². The zero-order valence-corrected chi connectivity index (χ0v) is 19.0. The molecule has 2 aromatic carbocycles. The van der Waals surface area contributed by atoms with E-state index in [1.165, 1.54) is 23.4 Å². The van der Waals surface area contributed by atoms with Crippen LogP contribution in [0.25, 0.3) is 22.0 Å². The number of aromatic nitrogens is 2. The highest BCUT2D eigenvalue weighted by atomic mass is 16.5. The lowest BCUT2D eigenvalue weighted by Crippen LogP contribution is -2.51. The number of aromatic amines is 1. The first-order chi connectivity index (χ1) is 15.4. The van der Waals surface area contributed by atoms with E-state index in [0.717, 1.165) is 29.9 Å². The second-order valence-electron chi connectivity index (χ2n) is 8.79. The van der Waals surface area contributed by atoms with Crippen molar-refractivity contribution in [2.24, 2.45) is 5.92 Å². The molecular formula is C25H30N4O3. The summed E-state index contributed by atoms with van der Waals surface area (Å²) in [6.07, 6.45) is 2.96. The van der Waals surface area contributed by atoms with Gasteiger partial charge in [-0.25, -0.2) is 9.78 Å². The smallest absolute Gasteiger partial charge is 0.407 e. The molecule has 1 fully saturated rings. The van der Waals surface area contributed by atoms with Crippen LogP contribution in [0.3, 0.4) is 0 Å². The Morgan fingerprint density at radius 3 is 2.69 bits per heavy atom. The molecule has 32 heavy (non-hydrogen) atoms. The fraction of sp³-hybridized carbons (Fsp3) is 0.400. The second-order valence-corrected chi connectivity index (χ2v) is 8.79. The van der Waals surface area contributed by atoms with E-state index in [2.05, 4.69) is 58.6 Å². The molecule has 1 aliphatic rings. The number of hydrogen-bond donors (Lipinski definition) is 2. The quantitative estimate of drug-likeness (QED) is 0.615. The third-order valence-corrected chi connectivity index (χ3v) is 6.15. The van der Waals surface area contributed by atoms with Crippen LogP contribution in [0.15, 0.2) is 42.6 Å². The number of aryl methyl sites for hydroxylation is 1. The topological polar surface area (TPSA) is 87.3 Å². The number of benzene rings is 2. The first-order valence-corrected chi connectivity index (χ1v) is 11.1. The number of imidazole rings is 1. The highest BCUT2D eigenvalue weighted by molar-refractivity contribution is 5.88. The number of hydrogen-bond acceptors (Lipinski definition) is 4. The lowest BCUT2D eigenvalue weighted by Gasteiger charge is -2.30. The van der Waals surface area contributed by atoms with Gasteiger partial charge < -0.3 is 19.9 Å². The number of ether oxygens (including phenoxy) is 1. The van der Waals surface area contributed by atoms with Crippen molar-refractivity contribution in [1.29, 1.82) is 0 Å². The maximum Gasteiger partial charge on any atom is 0.407 e. The number of rotatable bonds is 5. The van der Waals surface area contributed by atoms with Crippen molar-refractivity contribution < 1.29 is 14.3 Å². The molecule has 3 aromatic rings. The number of H-pyrrole nitrogens is 1. The van der Waals surface area contributed by atoms with Crippen molar-refractivity contribution in [2.75, 3.05) is 13.7 Å². The Morgan fingerprint density at radius 2 is 1.94 bits per heavy atom. The largest absolute Gasteiger partial charge is 0.453 e. The summed E-state index contributed by atoms with van der Waals surface area (Å²) in [4.78, 5) is 34.9. The van der Waals surface area contributed by atoms with Crippen LogP contribution in [-0.4, -0.2) is 46.6 Å². The van der Waals surface area contributed by atoms with E-state index in [0.29, 0.717) is 6.54 Å². The third kappa shape index (κ3) is 4.33. The first-order valence-electron chi connectivity index (χ1n) is 11.1. The van der Waals surface area contributed by atoms with Crippen LogP contribution in [0.4, 0.5) is 4.79 Å². The van der Waals surface area contributed by atoms with Crippen molar-refractivity contribution in [3.05, 3.63) is 54.0 Å². The molecule has 2 atom stereocenters. The Balaban J connectivity index is 1.57. The third-order valence-electron chi connectivity index (χ3n) is 6.15. The minimum absolute atomic E-state index is 0.0590. The van der Waals surface area contributed by atoms with Gasteiger partial charge in [0.15, 0.2) is 0 Å². The fourth-order valence-electron chi connectivity index (χ4n) is 4.38. The zero-order valence-electron chi connectivity index (χ0n) is 19.0. The molecule has 4 rings (SSSR count). The van der Waals surface area contributed by atoms with Gasteiger partial charge in [-0.3, -0.25) is 4.79 Å². The van der Waals surface area contributed by atoms with E-state index in [9.17, 15) is 9.59 Å². The van der Waals surface area contributed by atoms with Gasteiger partial charge in [0.1, 0.15) is 11.9 Å². The van der Waals surface area contributed by atoms with Crippen LogP contribution in [0.5, 0.6) is 0 Å². The SMILES string of the molecule is COC(=O)NC(C(=O)N1CCCC1c1ncc(-c2ccc3cc(C)ccc3c2)[nH]1)C(C)C. The number of carbonyl (C=O) groups is 2. The van der Waals surface area contributed by atoms with Crippen molar-refractivity contribution in [1.82, 2.24) is 20.2 Å². The summed E-state index contributed by atoms with van der Waals surface area (Å²) in [5.41, 5.74) is 3.22. The number of nitrogens with one attached hydrogen (secondary N) is 2. The summed E-state index contributed by atoms with van der Waals surface area (Å²) < 4.78 is 4.71. The molecule has 7 nitrogen and oxygen atoms in total. The monoisotopic (exact) mass is 434 g/mol. The van der Waals surface area contributed by atoms with Crippen LogP contribution in [0.2, 0.25) is 0 Å². The van der Waals surface area contributed by atoms with E-state index in [-0.39, 0.29) is 17.9 Å². The van der Waals surface area contributed by atoms with Crippen LogP contribution in [0, 0.1) is 12.8 Å². The van der Waals surface area contributed by atoms with Gasteiger partial charge in [0.2, 0.25) is 5.91 Å². The molecule has 2 amide bonds. The average Bonchev–Trinajstić information content (AvgIpc) is 3.45. The maximum atomic E-state index is 13.3. The lowest BCUT2D eigenvalue weighted by atomic mass is 10.0. The Hall–Kier alpha value is -3.35. The summed E-state index contributed by atoms with van der Waals surface area (Å²) in [6.45, 7) is 6.56. The Kier molecular flexibility index (Phi) is 6.17. The number of nitrogens with zero attached hydrogens (tertiary/aromatic N) is 2. The number of amides is 2. The van der Waals surface area contributed by atoms with Crippen molar-refractivity contribution in [3.63, 3.8) is 0 Å². The summed E-state index contributed by atoms with van der Waals surface area (Å²) in [6, 6.07) is 12.0. The van der Waals surface area contributed by atoms with Crippen molar-refractivity contribution in [3.8, 4) is 11.3 Å². The lowest BCUT2D eigenvalue weighted by molar-refractivity contribution is -0.135. The Labute approximate surface area is 188 Å². The molecular weight excluding hydrogens is 404 g/mol. The number of carbonyl (C=O) groups excluding carboxylic acids is 2. The molecule has 0 saturated carbocycles. The van der Waals surface area contributed by atoms with Gasteiger partial charge >= 0.3 is 6.09 Å². The van der Waals surface area contributed by atoms with Gasteiger partial charge in [-0.1, -0.05) is 49.7 Å². The van der Waals surface area contributed by atoms with E-state index in [1.807, 2.05) is 24.9 Å². The first kappa shape index (κ1) is 21.9. The Bertz CT molecular complexity index is 1140. The average molecular weight is 435 g/mol. The number of alkyl carbamates (subject to hydrolysis) is 1. The summed E-state index contributed by atoms with van der Waals surface area (Å²) in [7, 11) is 1.30. The minimum atomic E-state index is -0.638. The molecule has 1 aromatic heterocycles. The van der Waals surface area contributed by atoms with Gasteiger partial charge in [-0.05, 0) is 42.5 Å². The molecule has 0 radical (unpaired) electrons. The number of methoxy groups -OCH3 is 1. The van der Waals surface area contributed by atoms with Crippen LogP contribution in [-0.2, 0) is 9.53 Å². The van der Waals surface area contributed by atoms with Gasteiger partial charge in [0.05, 0.1) is 25.0 Å². The molecule has 1 saturated heterocycles.